The molecule has 9 nitrogen and oxygen atoms in total. The molecule has 1 aliphatic rings. The Balaban J connectivity index is 1.45. The van der Waals surface area contributed by atoms with Gasteiger partial charge in [0.15, 0.2) is 5.82 Å². The van der Waals surface area contributed by atoms with Gasteiger partial charge in [0.05, 0.1) is 18.8 Å². The number of fused-ring (bicyclic) bond motifs is 1. The van der Waals surface area contributed by atoms with Gasteiger partial charge in [0.2, 0.25) is 5.91 Å². The van der Waals surface area contributed by atoms with Gasteiger partial charge >= 0.3 is 0 Å². The molecule has 5 N–H and O–H groups in total. The molecule has 0 fully saturated rings. The molecule has 0 aliphatic carbocycles. The van der Waals surface area contributed by atoms with Crippen molar-refractivity contribution in [1.82, 2.24) is 24.1 Å². The van der Waals surface area contributed by atoms with E-state index >= 15 is 0 Å². The number of amides is 1. The second-order valence-electron chi connectivity index (χ2n) is 7.74. The molecule has 1 amide bonds. The summed E-state index contributed by atoms with van der Waals surface area (Å²) < 4.78 is 4.12. The van der Waals surface area contributed by atoms with Gasteiger partial charge in [-0.15, -0.1) is 0 Å². The van der Waals surface area contributed by atoms with Crippen LogP contribution in [0.5, 0.6) is 0 Å². The first-order chi connectivity index (χ1) is 14.9. The van der Waals surface area contributed by atoms with Gasteiger partial charge in [-0.25, -0.2) is 4.98 Å². The maximum Gasteiger partial charge on any atom is 0.241 e. The molecule has 31 heavy (non-hydrogen) atoms. The Labute approximate surface area is 185 Å². The Kier molecular flexibility index (Phi) is 6.01. The highest BCUT2D eigenvalue weighted by atomic mass is 32.2. The maximum absolute atomic E-state index is 12.2. The van der Waals surface area contributed by atoms with E-state index in [2.05, 4.69) is 30.1 Å². The fraction of sp³-hybridized carbons (Fsp3) is 0.286. The molecule has 1 aliphatic heterocycles. The van der Waals surface area contributed by atoms with Crippen molar-refractivity contribution in [3.8, 4) is 0 Å². The summed E-state index contributed by atoms with van der Waals surface area (Å²) in [6.07, 6.45) is 5.74. The first kappa shape index (κ1) is 21.0. The van der Waals surface area contributed by atoms with Crippen LogP contribution < -0.4 is 16.4 Å². The highest BCUT2D eigenvalue weighted by Crippen LogP contribution is 2.30. The standard InChI is InChI=1S/C21H26N8OS/c1-13(2)20(22)21(30)24-15-4-6-16(7-5-15)31-28-11-18-23-8-9-29(18)19(12-28)25-17-10-14(3)26-27-17/h4-10,12-13,20H,11,22H2,1-3H3,(H,24,30)(H2,25,26,27)/t20-/m1/s1. The number of aromatic amines is 1. The average Bonchev–Trinajstić information content (AvgIpc) is 3.37. The van der Waals surface area contributed by atoms with Crippen LogP contribution in [0, 0.1) is 12.8 Å². The fourth-order valence-corrected chi connectivity index (χ4v) is 3.94. The van der Waals surface area contributed by atoms with Crippen LogP contribution in [0.25, 0.3) is 5.82 Å². The van der Waals surface area contributed by atoms with Crippen LogP contribution in [0.4, 0.5) is 11.5 Å². The second-order valence-corrected chi connectivity index (χ2v) is 8.86. The molecule has 2 aromatic heterocycles. The molecule has 0 unspecified atom stereocenters. The van der Waals surface area contributed by atoms with Crippen LogP contribution in [0.15, 0.2) is 53.8 Å². The zero-order valence-electron chi connectivity index (χ0n) is 17.7. The van der Waals surface area contributed by atoms with Crippen molar-refractivity contribution in [3.05, 3.63) is 60.4 Å². The van der Waals surface area contributed by atoms with Gasteiger partial charge in [0, 0.05) is 34.7 Å². The monoisotopic (exact) mass is 438 g/mol. The maximum atomic E-state index is 12.2. The number of hydrogen-bond acceptors (Lipinski definition) is 7. The summed E-state index contributed by atoms with van der Waals surface area (Å²) in [6, 6.07) is 9.13. The molecule has 0 saturated heterocycles. The van der Waals surface area contributed by atoms with Gasteiger partial charge in [0.25, 0.3) is 0 Å². The number of anilines is 2. The van der Waals surface area contributed by atoms with Gasteiger partial charge in [-0.05, 0) is 49.1 Å². The lowest BCUT2D eigenvalue weighted by Crippen LogP contribution is -2.39. The number of aryl methyl sites for hydroxylation is 1. The van der Waals surface area contributed by atoms with Crippen molar-refractivity contribution in [1.29, 1.82) is 0 Å². The van der Waals surface area contributed by atoms with E-state index in [4.69, 9.17) is 5.73 Å². The topological polar surface area (TPSA) is 117 Å². The van der Waals surface area contributed by atoms with Gasteiger partial charge in [-0.2, -0.15) is 5.10 Å². The summed E-state index contributed by atoms with van der Waals surface area (Å²) in [4.78, 5) is 17.7. The van der Waals surface area contributed by atoms with Crippen LogP contribution in [-0.2, 0) is 11.3 Å². The number of nitrogens with one attached hydrogen (secondary N) is 3. The summed E-state index contributed by atoms with van der Waals surface area (Å²) in [6.45, 7) is 6.47. The molecule has 3 heterocycles. The molecule has 0 spiro atoms. The number of nitrogens with two attached hydrogens (primary N) is 1. The number of aromatic nitrogens is 4. The van der Waals surface area contributed by atoms with E-state index in [1.807, 2.05) is 68.1 Å². The fourth-order valence-electron chi connectivity index (χ4n) is 3.08. The lowest BCUT2D eigenvalue weighted by molar-refractivity contribution is -0.118. The third-order valence-corrected chi connectivity index (χ3v) is 5.82. The normalized spacial score (nSPS) is 14.2. The molecule has 0 bridgehead atoms. The Hall–Kier alpha value is -3.24. The quantitative estimate of drug-likeness (QED) is 0.418. The molecular weight excluding hydrogens is 412 g/mol. The lowest BCUT2D eigenvalue weighted by atomic mass is 10.1. The number of carbonyl (C=O) groups is 1. The average molecular weight is 439 g/mol. The van der Waals surface area contributed by atoms with Crippen molar-refractivity contribution in [2.24, 2.45) is 11.7 Å². The van der Waals surface area contributed by atoms with Crippen LogP contribution in [0.2, 0.25) is 0 Å². The Morgan fingerprint density at radius 3 is 2.74 bits per heavy atom. The first-order valence-corrected chi connectivity index (χ1v) is 10.8. The minimum atomic E-state index is -0.527. The van der Waals surface area contributed by atoms with Crippen LogP contribution in [0.1, 0.15) is 25.4 Å². The minimum Gasteiger partial charge on any atom is -0.325 e. The van der Waals surface area contributed by atoms with Gasteiger partial charge in [0.1, 0.15) is 11.6 Å². The number of hydrogen-bond donors (Lipinski definition) is 4. The molecule has 1 aromatic carbocycles. The Bertz CT molecular complexity index is 1090. The predicted molar refractivity (Wildman–Crippen MR) is 123 cm³/mol. The van der Waals surface area contributed by atoms with E-state index in [1.54, 1.807) is 18.1 Å². The molecule has 10 heteroatoms. The van der Waals surface area contributed by atoms with Gasteiger partial charge < -0.3 is 20.7 Å². The number of carbonyl (C=O) groups excluding carboxylic acids is 1. The molecule has 162 valence electrons. The van der Waals surface area contributed by atoms with Gasteiger partial charge in [-0.3, -0.25) is 14.5 Å². The summed E-state index contributed by atoms with van der Waals surface area (Å²) in [5.41, 5.74) is 7.62. The van der Waals surface area contributed by atoms with Crippen molar-refractivity contribution in [2.45, 2.75) is 38.3 Å². The summed E-state index contributed by atoms with van der Waals surface area (Å²) >= 11 is 1.59. The molecule has 4 rings (SSSR count). The summed E-state index contributed by atoms with van der Waals surface area (Å²) in [7, 11) is 0. The number of nitrogens with zero attached hydrogens (tertiary/aromatic N) is 4. The summed E-state index contributed by atoms with van der Waals surface area (Å²) in [5, 5.41) is 13.4. The van der Waals surface area contributed by atoms with E-state index in [9.17, 15) is 4.79 Å². The van der Waals surface area contributed by atoms with Crippen LogP contribution in [-0.4, -0.2) is 36.0 Å². The molecule has 3 aromatic rings. The van der Waals surface area contributed by atoms with Crippen LogP contribution in [0.3, 0.4) is 0 Å². The van der Waals surface area contributed by atoms with Crippen molar-refractivity contribution < 1.29 is 4.79 Å². The number of rotatable bonds is 7. The molecule has 1 atom stereocenters. The largest absolute Gasteiger partial charge is 0.325 e. The summed E-state index contributed by atoms with van der Waals surface area (Å²) in [5.74, 6) is 2.45. The SMILES string of the molecule is Cc1cc(NC2=CN(Sc3ccc(NC(=O)[C@H](N)C(C)C)cc3)Cc3nccn32)n[nH]1. The first-order valence-electron chi connectivity index (χ1n) is 10.0. The highest BCUT2D eigenvalue weighted by Gasteiger charge is 2.20. The Morgan fingerprint density at radius 2 is 2.06 bits per heavy atom. The predicted octanol–water partition coefficient (Wildman–Crippen LogP) is 3.23. The van der Waals surface area contributed by atoms with Crippen molar-refractivity contribution in [2.75, 3.05) is 10.6 Å². The second kappa shape index (κ2) is 8.86. The molecular formula is C21H26N8OS. The zero-order valence-corrected chi connectivity index (χ0v) is 18.5. The van der Waals surface area contributed by atoms with Crippen molar-refractivity contribution >= 4 is 35.2 Å². The van der Waals surface area contributed by atoms with E-state index in [0.29, 0.717) is 6.54 Å². The number of benzene rings is 1. The van der Waals surface area contributed by atoms with Crippen molar-refractivity contribution in [3.63, 3.8) is 0 Å². The van der Waals surface area contributed by atoms with E-state index in [-0.39, 0.29) is 11.8 Å². The third-order valence-electron chi connectivity index (χ3n) is 4.87. The van der Waals surface area contributed by atoms with E-state index in [0.717, 1.165) is 33.7 Å². The van der Waals surface area contributed by atoms with Gasteiger partial charge in [-0.1, -0.05) is 13.8 Å². The smallest absolute Gasteiger partial charge is 0.241 e. The van der Waals surface area contributed by atoms with Crippen LogP contribution >= 0.6 is 11.9 Å². The van der Waals surface area contributed by atoms with E-state index in [1.165, 1.54) is 0 Å². The lowest BCUT2D eigenvalue weighted by Gasteiger charge is -2.26. The molecule has 0 saturated carbocycles. The number of imidazole rings is 1. The number of H-pyrrole nitrogens is 1. The van der Waals surface area contributed by atoms with E-state index < -0.39 is 6.04 Å². The third kappa shape index (κ3) is 4.92. The zero-order chi connectivity index (χ0) is 22.0. The molecule has 0 radical (unpaired) electrons. The highest BCUT2D eigenvalue weighted by molar-refractivity contribution is 7.97. The Morgan fingerprint density at radius 1 is 1.29 bits per heavy atom. The minimum absolute atomic E-state index is 0.0847.